The fourth-order valence-corrected chi connectivity index (χ4v) is 4.07. The first-order valence-electron chi connectivity index (χ1n) is 9.63. The summed E-state index contributed by atoms with van der Waals surface area (Å²) in [4.78, 5) is 26.3. The van der Waals surface area contributed by atoms with Crippen molar-refractivity contribution in [3.05, 3.63) is 0 Å². The SMILES string of the molecule is Cl.O=C(NCC1CCCN(C(=O)COC2CCCC2)C1)C1CCCN1. The van der Waals surface area contributed by atoms with E-state index < -0.39 is 0 Å². The van der Waals surface area contributed by atoms with E-state index in [1.807, 2.05) is 4.90 Å². The Balaban J connectivity index is 0.00000225. The predicted octanol–water partition coefficient (Wildman–Crippen LogP) is 1.47. The van der Waals surface area contributed by atoms with Crippen molar-refractivity contribution in [2.24, 2.45) is 5.92 Å². The molecule has 0 radical (unpaired) electrons. The highest BCUT2D eigenvalue weighted by Crippen LogP contribution is 2.21. The standard InChI is InChI=1S/C18H31N3O3.ClH/c22-17(13-24-15-6-1-2-7-15)21-10-4-5-14(12-21)11-20-18(23)16-8-3-9-19-16;/h14-16,19H,1-13H2,(H,20,23);1H. The molecule has 2 amide bonds. The van der Waals surface area contributed by atoms with Crippen molar-refractivity contribution in [1.82, 2.24) is 15.5 Å². The van der Waals surface area contributed by atoms with Crippen LogP contribution in [0.1, 0.15) is 51.4 Å². The molecule has 1 aliphatic carbocycles. The van der Waals surface area contributed by atoms with Crippen LogP contribution in [0.4, 0.5) is 0 Å². The number of hydrogen-bond acceptors (Lipinski definition) is 4. The molecular weight excluding hydrogens is 342 g/mol. The topological polar surface area (TPSA) is 70.7 Å². The highest BCUT2D eigenvalue weighted by atomic mass is 35.5. The molecule has 6 nitrogen and oxygen atoms in total. The summed E-state index contributed by atoms with van der Waals surface area (Å²) in [6.07, 6.45) is 9.01. The van der Waals surface area contributed by atoms with Crippen molar-refractivity contribution < 1.29 is 14.3 Å². The van der Waals surface area contributed by atoms with E-state index >= 15 is 0 Å². The van der Waals surface area contributed by atoms with Crippen LogP contribution in [0.25, 0.3) is 0 Å². The quantitative estimate of drug-likeness (QED) is 0.739. The molecule has 0 aromatic rings. The van der Waals surface area contributed by atoms with E-state index in [1.165, 1.54) is 12.8 Å². The summed E-state index contributed by atoms with van der Waals surface area (Å²) >= 11 is 0. The minimum absolute atomic E-state index is 0. The van der Waals surface area contributed by atoms with E-state index in [1.54, 1.807) is 0 Å². The zero-order valence-corrected chi connectivity index (χ0v) is 15.8. The Morgan fingerprint density at radius 1 is 1.08 bits per heavy atom. The van der Waals surface area contributed by atoms with Crippen LogP contribution in [-0.2, 0) is 14.3 Å². The number of likely N-dealkylation sites (tertiary alicyclic amines) is 1. The van der Waals surface area contributed by atoms with Gasteiger partial charge in [-0.3, -0.25) is 9.59 Å². The summed E-state index contributed by atoms with van der Waals surface area (Å²) in [6.45, 7) is 3.39. The Hall–Kier alpha value is -0.850. The van der Waals surface area contributed by atoms with Crippen molar-refractivity contribution in [3.63, 3.8) is 0 Å². The van der Waals surface area contributed by atoms with E-state index in [9.17, 15) is 9.59 Å². The largest absolute Gasteiger partial charge is 0.368 e. The summed E-state index contributed by atoms with van der Waals surface area (Å²) < 4.78 is 5.75. The fraction of sp³-hybridized carbons (Fsp3) is 0.889. The summed E-state index contributed by atoms with van der Waals surface area (Å²) in [5.41, 5.74) is 0. The molecule has 2 N–H and O–H groups in total. The van der Waals surface area contributed by atoms with Crippen molar-refractivity contribution in [1.29, 1.82) is 0 Å². The average molecular weight is 374 g/mol. The van der Waals surface area contributed by atoms with E-state index in [0.717, 1.165) is 58.2 Å². The van der Waals surface area contributed by atoms with Gasteiger partial charge in [0.2, 0.25) is 11.8 Å². The third-order valence-corrected chi connectivity index (χ3v) is 5.56. The van der Waals surface area contributed by atoms with Gasteiger partial charge < -0.3 is 20.3 Å². The van der Waals surface area contributed by atoms with Crippen molar-refractivity contribution in [2.75, 3.05) is 32.8 Å². The maximum absolute atomic E-state index is 12.4. The van der Waals surface area contributed by atoms with Crippen molar-refractivity contribution in [3.8, 4) is 0 Å². The van der Waals surface area contributed by atoms with Crippen LogP contribution in [0, 0.1) is 5.92 Å². The molecule has 2 saturated heterocycles. The van der Waals surface area contributed by atoms with Gasteiger partial charge in [-0.05, 0) is 51.0 Å². The van der Waals surface area contributed by atoms with Crippen LogP contribution < -0.4 is 10.6 Å². The summed E-state index contributed by atoms with van der Waals surface area (Å²) in [5.74, 6) is 0.579. The van der Waals surface area contributed by atoms with Gasteiger partial charge in [0.25, 0.3) is 0 Å². The molecule has 0 aromatic heterocycles. The molecule has 0 aromatic carbocycles. The molecular formula is C18H32ClN3O3. The first-order chi connectivity index (χ1) is 11.7. The second kappa shape index (κ2) is 10.3. The van der Waals surface area contributed by atoms with Gasteiger partial charge in [-0.15, -0.1) is 12.4 Å². The molecule has 2 heterocycles. The molecule has 0 bridgehead atoms. The summed E-state index contributed by atoms with van der Waals surface area (Å²) in [5, 5.41) is 6.28. The van der Waals surface area contributed by atoms with Crippen molar-refractivity contribution in [2.45, 2.75) is 63.5 Å². The van der Waals surface area contributed by atoms with Gasteiger partial charge >= 0.3 is 0 Å². The molecule has 25 heavy (non-hydrogen) atoms. The first-order valence-corrected chi connectivity index (χ1v) is 9.63. The molecule has 3 aliphatic rings. The van der Waals surface area contributed by atoms with Crippen molar-refractivity contribution >= 4 is 24.2 Å². The number of halogens is 1. The lowest BCUT2D eigenvalue weighted by molar-refractivity contribution is -0.139. The van der Waals surface area contributed by atoms with Crippen LogP contribution >= 0.6 is 12.4 Å². The van der Waals surface area contributed by atoms with Gasteiger partial charge in [-0.1, -0.05) is 12.8 Å². The molecule has 3 fully saturated rings. The minimum atomic E-state index is -0.0221. The maximum Gasteiger partial charge on any atom is 0.248 e. The number of ether oxygens (including phenoxy) is 1. The molecule has 2 aliphatic heterocycles. The molecule has 3 rings (SSSR count). The Morgan fingerprint density at radius 2 is 1.88 bits per heavy atom. The van der Waals surface area contributed by atoms with Crippen LogP contribution in [0.3, 0.4) is 0 Å². The fourth-order valence-electron chi connectivity index (χ4n) is 4.07. The third kappa shape index (κ3) is 6.12. The molecule has 144 valence electrons. The highest BCUT2D eigenvalue weighted by Gasteiger charge is 2.27. The molecule has 2 atom stereocenters. The lowest BCUT2D eigenvalue weighted by Crippen LogP contribution is -2.47. The first kappa shape index (κ1) is 20.5. The van der Waals surface area contributed by atoms with Gasteiger partial charge in [-0.2, -0.15) is 0 Å². The van der Waals surface area contributed by atoms with Gasteiger partial charge in [0.05, 0.1) is 12.1 Å². The number of hydrogen-bond donors (Lipinski definition) is 2. The third-order valence-electron chi connectivity index (χ3n) is 5.56. The lowest BCUT2D eigenvalue weighted by atomic mass is 9.97. The van der Waals surface area contributed by atoms with Gasteiger partial charge in [0.1, 0.15) is 6.61 Å². The van der Waals surface area contributed by atoms with Gasteiger partial charge in [0, 0.05) is 19.6 Å². The number of nitrogens with one attached hydrogen (secondary N) is 2. The van der Waals surface area contributed by atoms with E-state index in [0.29, 0.717) is 12.5 Å². The number of piperidine rings is 1. The van der Waals surface area contributed by atoms with E-state index in [4.69, 9.17) is 4.74 Å². The van der Waals surface area contributed by atoms with Crippen LogP contribution in [0.5, 0.6) is 0 Å². The Labute approximate surface area is 156 Å². The minimum Gasteiger partial charge on any atom is -0.368 e. The number of carbonyl (C=O) groups is 2. The molecule has 2 unspecified atom stereocenters. The molecule has 1 saturated carbocycles. The Morgan fingerprint density at radius 3 is 2.60 bits per heavy atom. The zero-order valence-electron chi connectivity index (χ0n) is 15.0. The number of nitrogens with zero attached hydrogens (tertiary/aromatic N) is 1. The number of amides is 2. The van der Waals surface area contributed by atoms with Crippen LogP contribution in [-0.4, -0.2) is 61.6 Å². The van der Waals surface area contributed by atoms with E-state index in [2.05, 4.69) is 10.6 Å². The summed E-state index contributed by atoms with van der Waals surface area (Å²) in [7, 11) is 0. The monoisotopic (exact) mass is 373 g/mol. The second-order valence-corrected chi connectivity index (χ2v) is 7.46. The molecule has 7 heteroatoms. The number of rotatable bonds is 6. The number of carbonyl (C=O) groups excluding carboxylic acids is 2. The lowest BCUT2D eigenvalue weighted by Gasteiger charge is -2.33. The average Bonchev–Trinajstić information content (AvgIpc) is 3.31. The Kier molecular flexibility index (Phi) is 8.46. The van der Waals surface area contributed by atoms with E-state index in [-0.39, 0.29) is 43.0 Å². The Bertz CT molecular complexity index is 437. The van der Waals surface area contributed by atoms with Gasteiger partial charge in [0.15, 0.2) is 0 Å². The van der Waals surface area contributed by atoms with Crippen LogP contribution in [0.15, 0.2) is 0 Å². The predicted molar refractivity (Wildman–Crippen MR) is 98.8 cm³/mol. The summed E-state index contributed by atoms with van der Waals surface area (Å²) in [6, 6.07) is -0.0221. The smallest absolute Gasteiger partial charge is 0.248 e. The highest BCUT2D eigenvalue weighted by molar-refractivity contribution is 5.85. The van der Waals surface area contributed by atoms with Gasteiger partial charge in [-0.25, -0.2) is 0 Å². The second-order valence-electron chi connectivity index (χ2n) is 7.46. The van der Waals surface area contributed by atoms with Crippen LogP contribution in [0.2, 0.25) is 0 Å². The zero-order chi connectivity index (χ0) is 16.8. The normalized spacial score (nSPS) is 27.1. The molecule has 0 spiro atoms. The maximum atomic E-state index is 12.4.